The molecule has 2 atom stereocenters. The molecule has 152 valence electrons. The van der Waals surface area contributed by atoms with Crippen LogP contribution in [0.15, 0.2) is 72.8 Å². The molecule has 1 fully saturated rings. The highest BCUT2D eigenvalue weighted by atomic mass is 79.9. The normalized spacial score (nSPS) is 27.6. The Morgan fingerprint density at radius 2 is 1.39 bits per heavy atom. The molecule has 31 heavy (non-hydrogen) atoms. The number of carboxylic acid groups (broad SMARTS) is 1. The molecule has 6 heteroatoms. The van der Waals surface area contributed by atoms with E-state index in [1.165, 1.54) is 12.1 Å². The molecule has 1 aliphatic heterocycles. The fourth-order valence-electron chi connectivity index (χ4n) is 5.77. The third-order valence-corrected chi connectivity index (χ3v) is 8.24. The van der Waals surface area contributed by atoms with Gasteiger partial charge in [0.2, 0.25) is 11.8 Å². The molecule has 0 aromatic heterocycles. The van der Waals surface area contributed by atoms with Crippen LogP contribution in [0.2, 0.25) is 0 Å². The lowest BCUT2D eigenvalue weighted by Gasteiger charge is -2.51. The summed E-state index contributed by atoms with van der Waals surface area (Å²) < 4.78 is -0.848. The number of carbonyl (C=O) groups excluding carboxylic acids is 2. The molecule has 3 aliphatic carbocycles. The van der Waals surface area contributed by atoms with Crippen LogP contribution in [-0.2, 0) is 13.9 Å². The number of alkyl halides is 1. The first-order valence-corrected chi connectivity index (χ1v) is 10.8. The SMILES string of the molecule is O=C(O)c1ccccc1N1C(=O)[C@@H]2C3c4ccccc4C(Br)(c4ccccc43)[C@@H]2C1=O. The number of benzene rings is 3. The Morgan fingerprint density at radius 1 is 0.839 bits per heavy atom. The third kappa shape index (κ3) is 2.13. The Balaban J connectivity index is 1.62. The molecular formula is C25H16BrNO4. The van der Waals surface area contributed by atoms with Gasteiger partial charge in [-0.05, 0) is 34.4 Å². The quantitative estimate of drug-likeness (QED) is 0.445. The van der Waals surface area contributed by atoms with Gasteiger partial charge >= 0.3 is 5.97 Å². The van der Waals surface area contributed by atoms with E-state index in [1.54, 1.807) is 12.1 Å². The van der Waals surface area contributed by atoms with Gasteiger partial charge in [-0.2, -0.15) is 0 Å². The van der Waals surface area contributed by atoms with Gasteiger partial charge in [0.1, 0.15) is 0 Å². The standard InChI is InChI=1S/C25H16BrNO4/c26-25-16-10-4-1-7-13(16)19(14-8-2-5-11-17(14)25)20-21(25)23(29)27(22(20)28)18-12-6-3-9-15(18)24(30)31/h1-12,19-21H,(H,30,31)/t19?,20-,21+,25?/m1/s1. The number of carboxylic acids is 1. The Kier molecular flexibility index (Phi) is 3.67. The van der Waals surface area contributed by atoms with E-state index < -0.39 is 22.1 Å². The number of anilines is 1. The van der Waals surface area contributed by atoms with E-state index in [1.807, 2.05) is 48.5 Å². The van der Waals surface area contributed by atoms with Gasteiger partial charge in [-0.15, -0.1) is 0 Å². The van der Waals surface area contributed by atoms with Crippen molar-refractivity contribution in [1.29, 1.82) is 0 Å². The second kappa shape index (κ2) is 6.14. The molecule has 4 aliphatic rings. The van der Waals surface area contributed by atoms with E-state index in [4.69, 9.17) is 0 Å². The Hall–Kier alpha value is -3.25. The predicted molar refractivity (Wildman–Crippen MR) is 117 cm³/mol. The van der Waals surface area contributed by atoms with Crippen molar-refractivity contribution in [2.45, 2.75) is 10.2 Å². The predicted octanol–water partition coefficient (Wildman–Crippen LogP) is 4.29. The molecule has 3 aromatic carbocycles. The van der Waals surface area contributed by atoms with Crippen molar-refractivity contribution in [2.75, 3.05) is 4.90 Å². The number of carbonyl (C=O) groups is 3. The van der Waals surface area contributed by atoms with Crippen LogP contribution < -0.4 is 4.90 Å². The average Bonchev–Trinajstić information content (AvgIpc) is 3.05. The van der Waals surface area contributed by atoms with Crippen molar-refractivity contribution in [3.05, 3.63) is 101 Å². The third-order valence-electron chi connectivity index (χ3n) is 6.89. The van der Waals surface area contributed by atoms with Crippen LogP contribution in [0.5, 0.6) is 0 Å². The van der Waals surface area contributed by atoms with Crippen LogP contribution in [0.4, 0.5) is 5.69 Å². The number of nitrogens with zero attached hydrogens (tertiary/aromatic N) is 1. The first-order valence-electron chi connectivity index (χ1n) is 10.0. The van der Waals surface area contributed by atoms with Gasteiger partial charge in [0, 0.05) is 5.92 Å². The topological polar surface area (TPSA) is 74.7 Å². The van der Waals surface area contributed by atoms with Crippen LogP contribution in [0, 0.1) is 11.8 Å². The minimum atomic E-state index is -1.17. The van der Waals surface area contributed by atoms with E-state index in [2.05, 4.69) is 15.9 Å². The Morgan fingerprint density at radius 3 is 2.00 bits per heavy atom. The lowest BCUT2D eigenvalue weighted by Crippen LogP contribution is -2.50. The molecule has 2 bridgehead atoms. The summed E-state index contributed by atoms with van der Waals surface area (Å²) in [5, 5.41) is 9.65. The molecule has 5 nitrogen and oxygen atoms in total. The minimum Gasteiger partial charge on any atom is -0.478 e. The molecule has 2 amide bonds. The zero-order valence-corrected chi connectivity index (χ0v) is 17.7. The summed E-state index contributed by atoms with van der Waals surface area (Å²) in [7, 11) is 0. The molecule has 1 saturated heterocycles. The zero-order valence-electron chi connectivity index (χ0n) is 16.2. The summed E-state index contributed by atoms with van der Waals surface area (Å²) in [6.07, 6.45) is 0. The fourth-order valence-corrected chi connectivity index (χ4v) is 6.97. The summed E-state index contributed by atoms with van der Waals surface area (Å²) in [5.41, 5.74) is 4.13. The second-order valence-electron chi connectivity index (χ2n) is 8.20. The first kappa shape index (κ1) is 18.5. The number of aromatic carboxylic acids is 1. The molecular weight excluding hydrogens is 458 g/mol. The smallest absolute Gasteiger partial charge is 0.337 e. The van der Waals surface area contributed by atoms with Gasteiger partial charge in [0.15, 0.2) is 0 Å². The number of imide groups is 1. The van der Waals surface area contributed by atoms with Gasteiger partial charge < -0.3 is 5.11 Å². The number of hydrogen-bond donors (Lipinski definition) is 1. The zero-order chi connectivity index (χ0) is 21.5. The molecule has 1 heterocycles. The van der Waals surface area contributed by atoms with E-state index in [-0.39, 0.29) is 29.0 Å². The Labute approximate surface area is 186 Å². The van der Waals surface area contributed by atoms with Gasteiger partial charge in [-0.25, -0.2) is 9.69 Å². The second-order valence-corrected chi connectivity index (χ2v) is 9.45. The van der Waals surface area contributed by atoms with E-state index >= 15 is 0 Å². The molecule has 7 rings (SSSR count). The molecule has 1 N–H and O–H groups in total. The number of rotatable bonds is 2. The average molecular weight is 474 g/mol. The van der Waals surface area contributed by atoms with Crippen LogP contribution in [0.25, 0.3) is 0 Å². The maximum Gasteiger partial charge on any atom is 0.337 e. The largest absolute Gasteiger partial charge is 0.478 e. The minimum absolute atomic E-state index is 0.0613. The van der Waals surface area contributed by atoms with Crippen molar-refractivity contribution in [3.8, 4) is 0 Å². The maximum absolute atomic E-state index is 13.8. The van der Waals surface area contributed by atoms with Crippen molar-refractivity contribution in [2.24, 2.45) is 11.8 Å². The highest BCUT2D eigenvalue weighted by molar-refractivity contribution is 9.09. The Bertz CT molecular complexity index is 1270. The number of halogens is 1. The fraction of sp³-hybridized carbons (Fsp3) is 0.160. The monoisotopic (exact) mass is 473 g/mol. The van der Waals surface area contributed by atoms with Crippen molar-refractivity contribution in [1.82, 2.24) is 0 Å². The summed E-state index contributed by atoms with van der Waals surface area (Å²) >= 11 is 3.94. The lowest BCUT2D eigenvalue weighted by molar-refractivity contribution is -0.122. The summed E-state index contributed by atoms with van der Waals surface area (Å²) in [4.78, 5) is 40.5. The lowest BCUT2D eigenvalue weighted by atomic mass is 9.55. The maximum atomic E-state index is 13.8. The summed E-state index contributed by atoms with van der Waals surface area (Å²) in [6, 6.07) is 22.0. The molecule has 3 aromatic rings. The van der Waals surface area contributed by atoms with Crippen LogP contribution >= 0.6 is 15.9 Å². The first-order chi connectivity index (χ1) is 15.0. The number of para-hydroxylation sites is 1. The van der Waals surface area contributed by atoms with E-state index in [0.717, 1.165) is 27.2 Å². The summed E-state index contributed by atoms with van der Waals surface area (Å²) in [5.74, 6) is -3.39. The van der Waals surface area contributed by atoms with Crippen LogP contribution in [-0.4, -0.2) is 22.9 Å². The van der Waals surface area contributed by atoms with Gasteiger partial charge in [-0.1, -0.05) is 76.6 Å². The van der Waals surface area contributed by atoms with Crippen molar-refractivity contribution >= 4 is 39.4 Å². The molecule has 0 spiro atoms. The van der Waals surface area contributed by atoms with E-state index in [9.17, 15) is 19.5 Å². The van der Waals surface area contributed by atoms with Crippen LogP contribution in [0.1, 0.15) is 38.5 Å². The molecule has 0 saturated carbocycles. The van der Waals surface area contributed by atoms with Crippen LogP contribution in [0.3, 0.4) is 0 Å². The van der Waals surface area contributed by atoms with Gasteiger partial charge in [0.05, 0.1) is 27.4 Å². The number of amides is 2. The van der Waals surface area contributed by atoms with Gasteiger partial charge in [0.25, 0.3) is 0 Å². The van der Waals surface area contributed by atoms with Crippen molar-refractivity contribution < 1.29 is 19.5 Å². The molecule has 0 radical (unpaired) electrons. The highest BCUT2D eigenvalue weighted by Crippen LogP contribution is 2.66. The van der Waals surface area contributed by atoms with E-state index in [0.29, 0.717) is 0 Å². The van der Waals surface area contributed by atoms with Crippen molar-refractivity contribution in [3.63, 3.8) is 0 Å². The molecule has 0 unspecified atom stereocenters. The number of hydrogen-bond acceptors (Lipinski definition) is 3. The summed E-state index contributed by atoms with van der Waals surface area (Å²) in [6.45, 7) is 0. The highest BCUT2D eigenvalue weighted by Gasteiger charge is 2.67. The van der Waals surface area contributed by atoms with Gasteiger partial charge in [-0.3, -0.25) is 9.59 Å².